The van der Waals surface area contributed by atoms with Gasteiger partial charge in [0.25, 0.3) is 0 Å². The van der Waals surface area contributed by atoms with Crippen molar-refractivity contribution in [3.63, 3.8) is 0 Å². The summed E-state index contributed by atoms with van der Waals surface area (Å²) < 4.78 is 0. The van der Waals surface area contributed by atoms with Gasteiger partial charge in [0.05, 0.1) is 6.04 Å². The van der Waals surface area contributed by atoms with E-state index in [1.54, 1.807) is 0 Å². The van der Waals surface area contributed by atoms with Gasteiger partial charge in [0.1, 0.15) is 0 Å². The zero-order chi connectivity index (χ0) is 14.2. The Bertz CT molecular complexity index is 233. The minimum atomic E-state index is -0.153. The Labute approximate surface area is 113 Å². The van der Waals surface area contributed by atoms with Crippen LogP contribution in [0, 0.1) is 5.92 Å². The van der Waals surface area contributed by atoms with Crippen molar-refractivity contribution in [1.29, 1.82) is 0 Å². The molecule has 0 spiro atoms. The number of hydrogen-bond acceptors (Lipinski definition) is 2. The van der Waals surface area contributed by atoms with E-state index < -0.39 is 0 Å². The third-order valence-corrected chi connectivity index (χ3v) is 3.15. The van der Waals surface area contributed by atoms with Gasteiger partial charge in [0, 0.05) is 5.54 Å². The van der Waals surface area contributed by atoms with Crippen LogP contribution in [0.4, 0.5) is 0 Å². The fraction of sp³-hybridized carbons (Fsp3) is 0.933. The molecule has 0 aliphatic heterocycles. The van der Waals surface area contributed by atoms with Gasteiger partial charge in [-0.15, -0.1) is 0 Å². The zero-order valence-electron chi connectivity index (χ0n) is 13.1. The van der Waals surface area contributed by atoms with Crippen LogP contribution in [0.25, 0.3) is 0 Å². The van der Waals surface area contributed by atoms with Crippen LogP contribution in [-0.2, 0) is 4.79 Å². The number of nitrogens with one attached hydrogen (secondary N) is 2. The molecule has 0 bridgehead atoms. The molecular formula is C15H32N2O. The second kappa shape index (κ2) is 8.52. The SMILES string of the molecule is CCCCC(CC)CNC(C)C(=O)NC(C)(C)C. The summed E-state index contributed by atoms with van der Waals surface area (Å²) in [6.45, 7) is 13.3. The van der Waals surface area contributed by atoms with Crippen molar-refractivity contribution >= 4 is 5.91 Å². The molecule has 0 heterocycles. The number of hydrogen-bond donors (Lipinski definition) is 2. The van der Waals surface area contributed by atoms with Gasteiger partial charge >= 0.3 is 0 Å². The second-order valence-corrected chi connectivity index (χ2v) is 6.29. The van der Waals surface area contributed by atoms with E-state index in [9.17, 15) is 4.79 Å². The van der Waals surface area contributed by atoms with E-state index in [1.807, 2.05) is 27.7 Å². The lowest BCUT2D eigenvalue weighted by molar-refractivity contribution is -0.124. The van der Waals surface area contributed by atoms with Crippen molar-refractivity contribution in [2.75, 3.05) is 6.54 Å². The third-order valence-electron chi connectivity index (χ3n) is 3.15. The number of carbonyl (C=O) groups is 1. The van der Waals surface area contributed by atoms with Crippen molar-refractivity contribution in [2.24, 2.45) is 5.92 Å². The van der Waals surface area contributed by atoms with Crippen LogP contribution >= 0.6 is 0 Å². The predicted octanol–water partition coefficient (Wildman–Crippen LogP) is 3.10. The minimum Gasteiger partial charge on any atom is -0.350 e. The van der Waals surface area contributed by atoms with Crippen LogP contribution in [-0.4, -0.2) is 24.0 Å². The van der Waals surface area contributed by atoms with Gasteiger partial charge in [-0.2, -0.15) is 0 Å². The highest BCUT2D eigenvalue weighted by Gasteiger charge is 2.19. The van der Waals surface area contributed by atoms with Crippen LogP contribution in [0.3, 0.4) is 0 Å². The first-order valence-electron chi connectivity index (χ1n) is 7.35. The highest BCUT2D eigenvalue weighted by atomic mass is 16.2. The van der Waals surface area contributed by atoms with Crippen molar-refractivity contribution in [3.8, 4) is 0 Å². The first-order valence-corrected chi connectivity index (χ1v) is 7.35. The monoisotopic (exact) mass is 256 g/mol. The molecular weight excluding hydrogens is 224 g/mol. The van der Waals surface area contributed by atoms with Crippen molar-refractivity contribution in [2.45, 2.75) is 78.8 Å². The van der Waals surface area contributed by atoms with E-state index in [0.717, 1.165) is 6.54 Å². The minimum absolute atomic E-state index is 0.0906. The van der Waals surface area contributed by atoms with E-state index in [4.69, 9.17) is 0 Å². The molecule has 3 heteroatoms. The van der Waals surface area contributed by atoms with Gasteiger partial charge in [-0.3, -0.25) is 4.79 Å². The molecule has 3 nitrogen and oxygen atoms in total. The Morgan fingerprint density at radius 2 is 1.83 bits per heavy atom. The normalized spacial score (nSPS) is 15.2. The van der Waals surface area contributed by atoms with Gasteiger partial charge in [-0.05, 0) is 46.6 Å². The summed E-state index contributed by atoms with van der Waals surface area (Å²) >= 11 is 0. The zero-order valence-corrected chi connectivity index (χ0v) is 13.1. The molecule has 0 aliphatic rings. The van der Waals surface area contributed by atoms with Crippen molar-refractivity contribution < 1.29 is 4.79 Å². The quantitative estimate of drug-likeness (QED) is 0.700. The van der Waals surface area contributed by atoms with Crippen molar-refractivity contribution in [3.05, 3.63) is 0 Å². The van der Waals surface area contributed by atoms with E-state index in [1.165, 1.54) is 25.7 Å². The first kappa shape index (κ1) is 17.4. The topological polar surface area (TPSA) is 41.1 Å². The molecule has 0 aromatic carbocycles. The number of rotatable bonds is 8. The summed E-state index contributed by atoms with van der Waals surface area (Å²) in [7, 11) is 0. The van der Waals surface area contributed by atoms with Crippen molar-refractivity contribution in [1.82, 2.24) is 10.6 Å². The average molecular weight is 256 g/mol. The van der Waals surface area contributed by atoms with E-state index >= 15 is 0 Å². The molecule has 18 heavy (non-hydrogen) atoms. The van der Waals surface area contributed by atoms with E-state index in [2.05, 4.69) is 24.5 Å². The van der Waals surface area contributed by atoms with Crippen LogP contribution < -0.4 is 10.6 Å². The van der Waals surface area contributed by atoms with Gasteiger partial charge in [-0.25, -0.2) is 0 Å². The molecule has 2 N–H and O–H groups in total. The van der Waals surface area contributed by atoms with E-state index in [0.29, 0.717) is 5.92 Å². The molecule has 0 aromatic rings. The summed E-state index contributed by atoms with van der Waals surface area (Å²) in [5, 5.41) is 6.36. The van der Waals surface area contributed by atoms with E-state index in [-0.39, 0.29) is 17.5 Å². The first-order chi connectivity index (χ1) is 8.30. The average Bonchev–Trinajstić information content (AvgIpc) is 2.26. The number of carbonyl (C=O) groups excluding carboxylic acids is 1. The molecule has 2 unspecified atom stereocenters. The second-order valence-electron chi connectivity index (χ2n) is 6.29. The van der Waals surface area contributed by atoms with Crippen LogP contribution in [0.2, 0.25) is 0 Å². The highest BCUT2D eigenvalue weighted by Crippen LogP contribution is 2.11. The Hall–Kier alpha value is -0.570. The molecule has 0 fully saturated rings. The standard InChI is InChI=1S/C15H32N2O/c1-7-9-10-13(8-2)11-16-12(3)14(18)17-15(4,5)6/h12-13,16H,7-11H2,1-6H3,(H,17,18). The predicted molar refractivity (Wildman–Crippen MR) is 78.7 cm³/mol. The van der Waals surface area contributed by atoms with Gasteiger partial charge in [0.15, 0.2) is 0 Å². The maximum atomic E-state index is 11.9. The number of unbranched alkanes of at least 4 members (excludes halogenated alkanes) is 1. The fourth-order valence-electron chi connectivity index (χ4n) is 1.86. The maximum absolute atomic E-state index is 11.9. The summed E-state index contributed by atoms with van der Waals surface area (Å²) in [6, 6.07) is -0.111. The molecule has 0 rings (SSSR count). The van der Waals surface area contributed by atoms with Gasteiger partial charge in [-0.1, -0.05) is 33.1 Å². The summed E-state index contributed by atoms with van der Waals surface area (Å²) in [4.78, 5) is 11.9. The lowest BCUT2D eigenvalue weighted by Gasteiger charge is -2.25. The summed E-state index contributed by atoms with van der Waals surface area (Å²) in [6.07, 6.45) is 4.97. The molecule has 0 aliphatic carbocycles. The molecule has 0 aromatic heterocycles. The molecule has 0 radical (unpaired) electrons. The molecule has 108 valence electrons. The highest BCUT2D eigenvalue weighted by molar-refractivity contribution is 5.81. The van der Waals surface area contributed by atoms with Gasteiger partial charge in [0.2, 0.25) is 5.91 Å². The molecule has 1 amide bonds. The third kappa shape index (κ3) is 8.51. The summed E-state index contributed by atoms with van der Waals surface area (Å²) in [5.74, 6) is 0.780. The van der Waals surface area contributed by atoms with Crippen LogP contribution in [0.15, 0.2) is 0 Å². The molecule has 2 atom stereocenters. The summed E-state index contributed by atoms with van der Waals surface area (Å²) in [5.41, 5.74) is -0.153. The van der Waals surface area contributed by atoms with Crippen LogP contribution in [0.1, 0.15) is 67.2 Å². The Kier molecular flexibility index (Phi) is 8.25. The Morgan fingerprint density at radius 3 is 2.28 bits per heavy atom. The Balaban J connectivity index is 3.99. The Morgan fingerprint density at radius 1 is 1.22 bits per heavy atom. The fourth-order valence-corrected chi connectivity index (χ4v) is 1.86. The number of amides is 1. The largest absolute Gasteiger partial charge is 0.350 e. The molecule has 0 saturated heterocycles. The lowest BCUT2D eigenvalue weighted by atomic mass is 9.99. The molecule has 0 saturated carbocycles. The van der Waals surface area contributed by atoms with Crippen LogP contribution in [0.5, 0.6) is 0 Å². The smallest absolute Gasteiger partial charge is 0.237 e. The lowest BCUT2D eigenvalue weighted by Crippen LogP contribution is -2.50. The van der Waals surface area contributed by atoms with Gasteiger partial charge < -0.3 is 10.6 Å². The maximum Gasteiger partial charge on any atom is 0.237 e.